The smallest absolute Gasteiger partial charge is 0.165 e. The summed E-state index contributed by atoms with van der Waals surface area (Å²) in [6.45, 7) is 1.93. The molecule has 13 heavy (non-hydrogen) atoms. The number of aryl methyl sites for hydroxylation is 1. The molecule has 1 N–H and O–H groups in total. The van der Waals surface area contributed by atoms with Gasteiger partial charge >= 0.3 is 0 Å². The lowest BCUT2D eigenvalue weighted by molar-refractivity contribution is 0.392. The van der Waals surface area contributed by atoms with E-state index in [4.69, 9.17) is 4.74 Å². The number of aromatic nitrogens is 1. The maximum atomic E-state index is 13.2. The van der Waals surface area contributed by atoms with Crippen LogP contribution in [0.2, 0.25) is 0 Å². The largest absolute Gasteiger partial charge is 0.493 e. The average molecular weight is 179 g/mol. The molecule has 0 aliphatic carbocycles. The summed E-state index contributed by atoms with van der Waals surface area (Å²) in [5.74, 6) is -0.0177. The third-order valence-corrected chi connectivity index (χ3v) is 2.04. The monoisotopic (exact) mass is 179 g/mol. The van der Waals surface area contributed by atoms with Crippen molar-refractivity contribution in [3.8, 4) is 5.75 Å². The summed E-state index contributed by atoms with van der Waals surface area (Å²) in [4.78, 5) is 3.11. The number of aromatic amines is 1. The van der Waals surface area contributed by atoms with Crippen LogP contribution in [0.25, 0.3) is 10.9 Å². The second kappa shape index (κ2) is 2.76. The van der Waals surface area contributed by atoms with Crippen LogP contribution in [0.5, 0.6) is 5.75 Å². The first-order valence-electron chi connectivity index (χ1n) is 4.04. The number of rotatable bonds is 1. The van der Waals surface area contributed by atoms with Crippen LogP contribution in [-0.2, 0) is 0 Å². The Hall–Kier alpha value is -1.51. The topological polar surface area (TPSA) is 25.0 Å². The molecule has 68 valence electrons. The highest BCUT2D eigenvalue weighted by Gasteiger charge is 2.08. The van der Waals surface area contributed by atoms with E-state index in [-0.39, 0.29) is 5.82 Å². The second-order valence-corrected chi connectivity index (χ2v) is 2.99. The molecule has 0 saturated heterocycles. The average Bonchev–Trinajstić information content (AvgIpc) is 2.45. The Morgan fingerprint density at radius 2 is 2.15 bits per heavy atom. The molecule has 1 heterocycles. The molecule has 0 spiro atoms. The molecular weight excluding hydrogens is 169 g/mol. The van der Waals surface area contributed by atoms with E-state index in [9.17, 15) is 4.39 Å². The molecule has 0 fully saturated rings. The third-order valence-electron chi connectivity index (χ3n) is 2.04. The minimum atomic E-state index is -0.325. The maximum absolute atomic E-state index is 13.2. The van der Waals surface area contributed by atoms with Crippen molar-refractivity contribution < 1.29 is 9.13 Å². The molecule has 0 aliphatic heterocycles. The number of H-pyrrole nitrogens is 1. The number of fused-ring (bicyclic) bond motifs is 1. The summed E-state index contributed by atoms with van der Waals surface area (Å²) >= 11 is 0. The van der Waals surface area contributed by atoms with Gasteiger partial charge in [-0.3, -0.25) is 0 Å². The van der Waals surface area contributed by atoms with Gasteiger partial charge in [0, 0.05) is 16.6 Å². The molecule has 0 aliphatic rings. The summed E-state index contributed by atoms with van der Waals surface area (Å²) in [6, 6.07) is 4.98. The van der Waals surface area contributed by atoms with Crippen molar-refractivity contribution in [2.75, 3.05) is 7.11 Å². The number of hydrogen-bond donors (Lipinski definition) is 1. The zero-order valence-electron chi connectivity index (χ0n) is 7.52. The number of halogens is 1. The van der Waals surface area contributed by atoms with Crippen molar-refractivity contribution in [2.24, 2.45) is 0 Å². The van der Waals surface area contributed by atoms with E-state index in [2.05, 4.69) is 4.98 Å². The molecule has 0 bridgehead atoms. The van der Waals surface area contributed by atoms with Crippen molar-refractivity contribution in [1.82, 2.24) is 4.98 Å². The lowest BCUT2D eigenvalue weighted by atomic mass is 10.2. The standard InChI is InChI=1S/C10H10FNO/c1-6-5-7-9(12-6)4-3-8(11)10(7)13-2/h3-5,12H,1-2H3. The summed E-state index contributed by atoms with van der Waals surface area (Å²) in [6.07, 6.45) is 0. The molecule has 0 atom stereocenters. The van der Waals surface area contributed by atoms with E-state index in [1.807, 2.05) is 13.0 Å². The summed E-state index contributed by atoms with van der Waals surface area (Å²) < 4.78 is 18.2. The van der Waals surface area contributed by atoms with Gasteiger partial charge in [-0.1, -0.05) is 0 Å². The molecule has 1 aromatic heterocycles. The highest BCUT2D eigenvalue weighted by molar-refractivity contribution is 5.86. The van der Waals surface area contributed by atoms with E-state index < -0.39 is 0 Å². The quantitative estimate of drug-likeness (QED) is 0.715. The van der Waals surface area contributed by atoms with Gasteiger partial charge in [-0.15, -0.1) is 0 Å². The number of nitrogens with one attached hydrogen (secondary N) is 1. The number of ether oxygens (including phenoxy) is 1. The predicted molar refractivity (Wildman–Crippen MR) is 49.5 cm³/mol. The van der Waals surface area contributed by atoms with E-state index >= 15 is 0 Å². The van der Waals surface area contributed by atoms with E-state index in [0.717, 1.165) is 16.6 Å². The molecule has 0 radical (unpaired) electrons. The molecule has 0 amide bonds. The van der Waals surface area contributed by atoms with Crippen LogP contribution in [-0.4, -0.2) is 12.1 Å². The first kappa shape index (κ1) is 8.10. The molecule has 2 nitrogen and oxygen atoms in total. The van der Waals surface area contributed by atoms with Crippen LogP contribution in [0, 0.1) is 12.7 Å². The van der Waals surface area contributed by atoms with Gasteiger partial charge in [0.15, 0.2) is 11.6 Å². The first-order valence-corrected chi connectivity index (χ1v) is 4.04. The zero-order chi connectivity index (χ0) is 9.42. The van der Waals surface area contributed by atoms with Crippen molar-refractivity contribution in [3.63, 3.8) is 0 Å². The Balaban J connectivity index is 2.82. The van der Waals surface area contributed by atoms with E-state index in [1.165, 1.54) is 13.2 Å². The minimum Gasteiger partial charge on any atom is -0.493 e. The second-order valence-electron chi connectivity index (χ2n) is 2.99. The van der Waals surface area contributed by atoms with Crippen molar-refractivity contribution in [2.45, 2.75) is 6.92 Å². The van der Waals surface area contributed by atoms with Gasteiger partial charge < -0.3 is 9.72 Å². The fourth-order valence-electron chi connectivity index (χ4n) is 1.50. The van der Waals surface area contributed by atoms with Crippen LogP contribution in [0.1, 0.15) is 5.69 Å². The molecule has 0 saturated carbocycles. The Bertz CT molecular complexity index is 447. The van der Waals surface area contributed by atoms with E-state index in [1.54, 1.807) is 6.07 Å². The highest BCUT2D eigenvalue weighted by atomic mass is 19.1. The van der Waals surface area contributed by atoms with Gasteiger partial charge in [0.2, 0.25) is 0 Å². The minimum absolute atomic E-state index is 0.307. The Labute approximate surface area is 75.3 Å². The zero-order valence-corrected chi connectivity index (χ0v) is 7.52. The van der Waals surface area contributed by atoms with Gasteiger partial charge in [-0.25, -0.2) is 4.39 Å². The Kier molecular flexibility index (Phi) is 1.72. The highest BCUT2D eigenvalue weighted by Crippen LogP contribution is 2.28. The maximum Gasteiger partial charge on any atom is 0.165 e. The van der Waals surface area contributed by atoms with Gasteiger partial charge in [-0.05, 0) is 25.1 Å². The number of hydrogen-bond acceptors (Lipinski definition) is 1. The number of methoxy groups -OCH3 is 1. The van der Waals surface area contributed by atoms with E-state index in [0.29, 0.717) is 5.75 Å². The molecular formula is C10H10FNO. The van der Waals surface area contributed by atoms with Crippen molar-refractivity contribution in [1.29, 1.82) is 0 Å². The molecule has 2 rings (SSSR count). The Morgan fingerprint density at radius 3 is 2.85 bits per heavy atom. The SMILES string of the molecule is COc1c(F)ccc2[nH]c(C)cc12. The first-order chi connectivity index (χ1) is 6.22. The molecule has 1 aromatic carbocycles. The van der Waals surface area contributed by atoms with Crippen LogP contribution in [0.4, 0.5) is 4.39 Å². The molecule has 2 aromatic rings. The summed E-state index contributed by atoms with van der Waals surface area (Å²) in [5.41, 5.74) is 1.90. The van der Waals surface area contributed by atoms with Gasteiger partial charge in [-0.2, -0.15) is 0 Å². The molecule has 3 heteroatoms. The lowest BCUT2D eigenvalue weighted by Gasteiger charge is -2.01. The van der Waals surface area contributed by atoms with Crippen LogP contribution in [0.3, 0.4) is 0 Å². The van der Waals surface area contributed by atoms with Crippen molar-refractivity contribution in [3.05, 3.63) is 29.7 Å². The van der Waals surface area contributed by atoms with Gasteiger partial charge in [0.05, 0.1) is 7.11 Å². The summed E-state index contributed by atoms with van der Waals surface area (Å²) in [5, 5.41) is 0.792. The van der Waals surface area contributed by atoms with Crippen LogP contribution < -0.4 is 4.74 Å². The van der Waals surface area contributed by atoms with Gasteiger partial charge in [0.25, 0.3) is 0 Å². The van der Waals surface area contributed by atoms with Crippen molar-refractivity contribution >= 4 is 10.9 Å². The fourth-order valence-corrected chi connectivity index (χ4v) is 1.50. The summed E-state index contributed by atoms with van der Waals surface area (Å²) in [7, 11) is 1.47. The normalized spacial score (nSPS) is 10.7. The number of benzene rings is 1. The van der Waals surface area contributed by atoms with Gasteiger partial charge in [0.1, 0.15) is 0 Å². The van der Waals surface area contributed by atoms with Crippen LogP contribution in [0.15, 0.2) is 18.2 Å². The fraction of sp³-hybridized carbons (Fsp3) is 0.200. The van der Waals surface area contributed by atoms with Crippen LogP contribution >= 0.6 is 0 Å². The third kappa shape index (κ3) is 1.16. The Morgan fingerprint density at radius 1 is 1.38 bits per heavy atom. The molecule has 0 unspecified atom stereocenters. The predicted octanol–water partition coefficient (Wildman–Crippen LogP) is 2.62. The lowest BCUT2D eigenvalue weighted by Crippen LogP contribution is -1.87.